The van der Waals surface area contributed by atoms with Crippen molar-refractivity contribution in [2.24, 2.45) is 28.9 Å². The van der Waals surface area contributed by atoms with Gasteiger partial charge in [-0.3, -0.25) is 0 Å². The predicted octanol–water partition coefficient (Wildman–Crippen LogP) is 0.911. The largest absolute Gasteiger partial charge is 0.386 e. The molecule has 15 heavy (non-hydrogen) atoms. The van der Waals surface area contributed by atoms with Gasteiger partial charge in [0.1, 0.15) is 5.84 Å². The third kappa shape index (κ3) is 1.77. The monoisotopic (exact) mass is 205 g/mol. The molecule has 2 heterocycles. The van der Waals surface area contributed by atoms with Gasteiger partial charge in [-0.2, -0.15) is 5.10 Å². The smallest absolute Gasteiger partial charge is 0.123 e. The summed E-state index contributed by atoms with van der Waals surface area (Å²) in [5.41, 5.74) is 7.69. The molecule has 1 aliphatic heterocycles. The molecule has 0 bridgehead atoms. The quantitative estimate of drug-likeness (QED) is 0.779. The van der Waals surface area contributed by atoms with Crippen molar-refractivity contribution in [1.29, 1.82) is 0 Å². The average Bonchev–Trinajstić information content (AvgIpc) is 2.64. The van der Waals surface area contributed by atoms with Gasteiger partial charge in [-0.05, 0) is 6.42 Å². The lowest BCUT2D eigenvalue weighted by molar-refractivity contribution is 0.670. The van der Waals surface area contributed by atoms with Gasteiger partial charge in [0.15, 0.2) is 0 Å². The fourth-order valence-electron chi connectivity index (χ4n) is 1.79. The lowest BCUT2D eigenvalue weighted by Gasteiger charge is -2.19. The normalized spacial score (nSPS) is 21.1. The Labute approximate surface area is 88.7 Å². The first kappa shape index (κ1) is 9.89. The van der Waals surface area contributed by atoms with Crippen molar-refractivity contribution in [3.63, 3.8) is 0 Å². The van der Waals surface area contributed by atoms with Gasteiger partial charge in [0, 0.05) is 19.4 Å². The van der Waals surface area contributed by atoms with Gasteiger partial charge in [-0.25, -0.2) is 4.98 Å². The summed E-state index contributed by atoms with van der Waals surface area (Å²) >= 11 is 0. The molecule has 1 unspecified atom stereocenters. The van der Waals surface area contributed by atoms with Crippen LogP contribution in [0.4, 0.5) is 0 Å². The van der Waals surface area contributed by atoms with E-state index in [-0.39, 0.29) is 0 Å². The first-order valence-corrected chi connectivity index (χ1v) is 5.09. The number of aryl methyl sites for hydroxylation is 1. The zero-order valence-corrected chi connectivity index (χ0v) is 9.01. The van der Waals surface area contributed by atoms with Gasteiger partial charge < -0.3 is 10.3 Å². The van der Waals surface area contributed by atoms with E-state index in [4.69, 9.17) is 5.73 Å². The summed E-state index contributed by atoms with van der Waals surface area (Å²) in [5.74, 6) is 0.977. The summed E-state index contributed by atoms with van der Waals surface area (Å²) in [7, 11) is 1.96. The third-order valence-electron chi connectivity index (χ3n) is 2.70. The molecule has 2 N–H and O–H groups in total. The van der Waals surface area contributed by atoms with Crippen molar-refractivity contribution in [3.05, 3.63) is 18.2 Å². The van der Waals surface area contributed by atoms with Crippen LogP contribution >= 0.6 is 0 Å². The summed E-state index contributed by atoms with van der Waals surface area (Å²) in [5, 5.41) is 8.13. The van der Waals surface area contributed by atoms with Crippen LogP contribution in [0.1, 0.15) is 25.5 Å². The molecule has 80 valence electrons. The van der Waals surface area contributed by atoms with Gasteiger partial charge in [-0.15, -0.1) is 5.10 Å². The van der Waals surface area contributed by atoms with E-state index < -0.39 is 0 Å². The molecule has 1 aromatic rings. The number of amidine groups is 1. The highest BCUT2D eigenvalue weighted by Gasteiger charge is 2.22. The topological polar surface area (TPSA) is 68.6 Å². The Morgan fingerprint density at radius 3 is 2.93 bits per heavy atom. The zero-order valence-electron chi connectivity index (χ0n) is 9.01. The molecule has 5 heteroatoms. The Hall–Kier alpha value is -1.65. The molecule has 0 spiro atoms. The predicted molar refractivity (Wildman–Crippen MR) is 59.8 cm³/mol. The van der Waals surface area contributed by atoms with Crippen LogP contribution in [0.2, 0.25) is 0 Å². The van der Waals surface area contributed by atoms with Crippen molar-refractivity contribution in [2.75, 3.05) is 0 Å². The van der Waals surface area contributed by atoms with E-state index in [2.05, 4.69) is 22.1 Å². The Bertz CT molecular complexity index is 415. The molecule has 0 fully saturated rings. The van der Waals surface area contributed by atoms with E-state index in [1.165, 1.54) is 0 Å². The average molecular weight is 205 g/mol. The van der Waals surface area contributed by atoms with E-state index in [1.807, 2.05) is 17.8 Å². The zero-order chi connectivity index (χ0) is 10.8. The molecule has 2 rings (SSSR count). The Morgan fingerprint density at radius 1 is 1.53 bits per heavy atom. The number of rotatable bonds is 2. The highest BCUT2D eigenvalue weighted by atomic mass is 15.3. The van der Waals surface area contributed by atoms with Crippen molar-refractivity contribution in [3.8, 4) is 0 Å². The molecule has 1 atom stereocenters. The van der Waals surface area contributed by atoms with Gasteiger partial charge in [0.2, 0.25) is 0 Å². The summed E-state index contributed by atoms with van der Waals surface area (Å²) in [6, 6.07) is 0. The van der Waals surface area contributed by atoms with Crippen LogP contribution in [0, 0.1) is 5.92 Å². The highest BCUT2D eigenvalue weighted by Crippen LogP contribution is 2.20. The number of aromatic nitrogens is 2. The summed E-state index contributed by atoms with van der Waals surface area (Å²) in [6.07, 6.45) is 5.39. The minimum Gasteiger partial charge on any atom is -0.386 e. The van der Waals surface area contributed by atoms with Gasteiger partial charge in [0.25, 0.3) is 0 Å². The minimum atomic E-state index is 0.359. The van der Waals surface area contributed by atoms with Crippen LogP contribution in [0.3, 0.4) is 0 Å². The fraction of sp³-hybridized carbons (Fsp3) is 0.500. The second-order valence-corrected chi connectivity index (χ2v) is 3.78. The number of imidazole rings is 1. The van der Waals surface area contributed by atoms with E-state index in [9.17, 15) is 0 Å². The lowest BCUT2D eigenvalue weighted by atomic mass is 9.93. The molecule has 0 aromatic carbocycles. The third-order valence-corrected chi connectivity index (χ3v) is 2.70. The maximum absolute atomic E-state index is 5.67. The van der Waals surface area contributed by atoms with E-state index in [1.54, 1.807) is 6.33 Å². The van der Waals surface area contributed by atoms with Crippen LogP contribution in [-0.4, -0.2) is 21.1 Å². The molecular formula is C10H15N5. The fourth-order valence-corrected chi connectivity index (χ4v) is 1.79. The lowest BCUT2D eigenvalue weighted by Crippen LogP contribution is -2.27. The molecule has 1 aromatic heterocycles. The van der Waals surface area contributed by atoms with Crippen LogP contribution in [0.15, 0.2) is 22.7 Å². The van der Waals surface area contributed by atoms with Crippen molar-refractivity contribution in [1.82, 2.24) is 9.55 Å². The van der Waals surface area contributed by atoms with Gasteiger partial charge in [0.05, 0.1) is 23.9 Å². The molecule has 0 radical (unpaired) electrons. The Balaban J connectivity index is 2.39. The standard InChI is InChI=1S/C10H15N5/c1-3-7-4-9(11)13-14-10(7)8-5-12-6-15(8)2/h5-7H,3-4H2,1-2H3,(H2,11,13). The SMILES string of the molecule is CCC1CC(N)=NN=C1c1cncn1C. The molecular weight excluding hydrogens is 190 g/mol. The maximum atomic E-state index is 5.67. The first-order valence-electron chi connectivity index (χ1n) is 5.09. The molecule has 0 saturated carbocycles. The summed E-state index contributed by atoms with van der Waals surface area (Å²) in [4.78, 5) is 4.09. The van der Waals surface area contributed by atoms with Gasteiger partial charge >= 0.3 is 0 Å². The second-order valence-electron chi connectivity index (χ2n) is 3.78. The van der Waals surface area contributed by atoms with Crippen LogP contribution in [0.5, 0.6) is 0 Å². The second kappa shape index (κ2) is 3.84. The molecule has 0 saturated heterocycles. The van der Waals surface area contributed by atoms with Crippen molar-refractivity contribution < 1.29 is 0 Å². The van der Waals surface area contributed by atoms with E-state index >= 15 is 0 Å². The van der Waals surface area contributed by atoms with Crippen molar-refractivity contribution >= 4 is 11.5 Å². The molecule has 0 aliphatic carbocycles. The number of nitrogens with zero attached hydrogens (tertiary/aromatic N) is 4. The molecule has 5 nitrogen and oxygen atoms in total. The molecule has 0 amide bonds. The summed E-state index contributed by atoms with van der Waals surface area (Å²) in [6.45, 7) is 2.13. The van der Waals surface area contributed by atoms with E-state index in [0.717, 1.165) is 24.2 Å². The molecule has 1 aliphatic rings. The van der Waals surface area contributed by atoms with Crippen LogP contribution < -0.4 is 5.73 Å². The minimum absolute atomic E-state index is 0.359. The van der Waals surface area contributed by atoms with Crippen LogP contribution in [0.25, 0.3) is 0 Å². The Kier molecular flexibility index (Phi) is 2.53. The first-order chi connectivity index (χ1) is 7.22. The maximum Gasteiger partial charge on any atom is 0.123 e. The summed E-state index contributed by atoms with van der Waals surface area (Å²) < 4.78 is 1.96. The van der Waals surface area contributed by atoms with Gasteiger partial charge in [-0.1, -0.05) is 6.92 Å². The highest BCUT2D eigenvalue weighted by molar-refractivity contribution is 6.04. The van der Waals surface area contributed by atoms with E-state index in [0.29, 0.717) is 11.8 Å². The number of nitrogens with two attached hydrogens (primary N) is 1. The van der Waals surface area contributed by atoms with Crippen molar-refractivity contribution in [2.45, 2.75) is 19.8 Å². The number of hydrogen-bond acceptors (Lipinski definition) is 4. The van der Waals surface area contributed by atoms with Crippen LogP contribution in [-0.2, 0) is 7.05 Å². The number of hydrogen-bond donors (Lipinski definition) is 1. The Morgan fingerprint density at radius 2 is 2.33 bits per heavy atom.